The van der Waals surface area contributed by atoms with E-state index in [1.807, 2.05) is 0 Å². The normalized spacial score (nSPS) is 31.8. The van der Waals surface area contributed by atoms with E-state index in [9.17, 15) is 19.7 Å². The maximum absolute atomic E-state index is 13.6. The van der Waals surface area contributed by atoms with Crippen LogP contribution in [-0.4, -0.2) is 45.2 Å². The first-order valence-electron chi connectivity index (χ1n) is 6.01. The Morgan fingerprint density at radius 1 is 1.21 bits per heavy atom. The minimum Gasteiger partial charge on any atom is -0.388 e. The van der Waals surface area contributed by atoms with Crippen molar-refractivity contribution in [3.63, 3.8) is 0 Å². The van der Waals surface area contributed by atoms with E-state index in [0.717, 1.165) is 0 Å². The first-order chi connectivity index (χ1) is 9.09. The average Bonchev–Trinajstić information content (AvgIpc) is 2.82. The highest BCUT2D eigenvalue weighted by molar-refractivity contribution is 5.84. The summed E-state index contributed by atoms with van der Waals surface area (Å²) in [6, 6.07) is 4.60. The second kappa shape index (κ2) is 4.57. The Bertz CT molecular complexity index is 599. The number of aliphatic hydroxyl groups excluding tert-OH is 3. The van der Waals surface area contributed by atoms with Gasteiger partial charge in [0.15, 0.2) is 0 Å². The van der Waals surface area contributed by atoms with Crippen LogP contribution in [0.2, 0.25) is 0 Å². The molecule has 0 bridgehead atoms. The van der Waals surface area contributed by atoms with Crippen molar-refractivity contribution in [2.75, 3.05) is 6.61 Å². The summed E-state index contributed by atoms with van der Waals surface area (Å²) >= 11 is 0. The minimum absolute atomic E-state index is 0.0785. The zero-order chi connectivity index (χ0) is 13.6. The highest BCUT2D eigenvalue weighted by atomic mass is 19.1. The van der Waals surface area contributed by atoms with Gasteiger partial charge >= 0.3 is 0 Å². The quantitative estimate of drug-likeness (QED) is 0.604. The molecule has 4 atom stereocenters. The summed E-state index contributed by atoms with van der Waals surface area (Å²) < 4.78 is 18.9. The first kappa shape index (κ1) is 12.6. The van der Waals surface area contributed by atoms with Gasteiger partial charge in [0.25, 0.3) is 0 Å². The zero-order valence-corrected chi connectivity index (χ0v) is 9.95. The summed E-state index contributed by atoms with van der Waals surface area (Å²) in [6.45, 7) is -0.0785. The van der Waals surface area contributed by atoms with Gasteiger partial charge < -0.3 is 25.0 Å². The fourth-order valence-electron chi connectivity index (χ4n) is 2.45. The number of hydrogen-bond acceptors (Lipinski definition) is 4. The number of hydrogen-bond donors (Lipinski definition) is 4. The lowest BCUT2D eigenvalue weighted by Gasteiger charge is -2.35. The molecule has 5 nitrogen and oxygen atoms in total. The molecule has 19 heavy (non-hydrogen) atoms. The summed E-state index contributed by atoms with van der Waals surface area (Å²) in [7, 11) is 0. The number of ether oxygens (including phenoxy) is 1. The van der Waals surface area contributed by atoms with E-state index in [4.69, 9.17) is 4.74 Å². The molecule has 1 fully saturated rings. The van der Waals surface area contributed by atoms with Gasteiger partial charge in [0.05, 0.1) is 12.1 Å². The van der Waals surface area contributed by atoms with Crippen LogP contribution in [0.3, 0.4) is 0 Å². The van der Waals surface area contributed by atoms with E-state index < -0.39 is 30.2 Å². The van der Waals surface area contributed by atoms with Gasteiger partial charge in [-0.3, -0.25) is 0 Å². The van der Waals surface area contributed by atoms with Crippen LogP contribution in [0, 0.1) is 5.82 Å². The molecule has 1 aliphatic rings. The number of fused-ring (bicyclic) bond motifs is 1. The van der Waals surface area contributed by atoms with Crippen LogP contribution in [0.5, 0.6) is 0 Å². The van der Waals surface area contributed by atoms with Crippen molar-refractivity contribution in [2.24, 2.45) is 0 Å². The highest BCUT2D eigenvalue weighted by Crippen LogP contribution is 2.34. The monoisotopic (exact) mass is 267 g/mol. The SMILES string of the molecule is O[C@@H]1[C@@H](O)[C@H](c2c[nH]c3c(F)cccc23)OC[C@H]1O. The van der Waals surface area contributed by atoms with E-state index >= 15 is 0 Å². The van der Waals surface area contributed by atoms with Crippen molar-refractivity contribution >= 4 is 10.9 Å². The molecule has 0 saturated carbocycles. The van der Waals surface area contributed by atoms with Gasteiger partial charge in [0.2, 0.25) is 0 Å². The maximum Gasteiger partial charge on any atom is 0.147 e. The number of benzene rings is 1. The largest absolute Gasteiger partial charge is 0.388 e. The Morgan fingerprint density at radius 2 is 2.00 bits per heavy atom. The van der Waals surface area contributed by atoms with Crippen LogP contribution in [0.4, 0.5) is 4.39 Å². The molecule has 6 heteroatoms. The third-order valence-corrected chi connectivity index (χ3v) is 3.50. The lowest BCUT2D eigenvalue weighted by atomic mass is 9.94. The van der Waals surface area contributed by atoms with Crippen molar-refractivity contribution in [1.29, 1.82) is 0 Å². The van der Waals surface area contributed by atoms with Gasteiger partial charge in [0.1, 0.15) is 30.2 Å². The van der Waals surface area contributed by atoms with E-state index in [1.165, 1.54) is 6.07 Å². The minimum atomic E-state index is -1.28. The van der Waals surface area contributed by atoms with Gasteiger partial charge in [-0.15, -0.1) is 0 Å². The number of rotatable bonds is 1. The Labute approximate surface area is 108 Å². The van der Waals surface area contributed by atoms with Crippen LogP contribution in [0.15, 0.2) is 24.4 Å². The summed E-state index contributed by atoms with van der Waals surface area (Å²) in [4.78, 5) is 2.79. The molecule has 2 aromatic rings. The first-order valence-corrected chi connectivity index (χ1v) is 6.01. The highest BCUT2D eigenvalue weighted by Gasteiger charge is 2.39. The average molecular weight is 267 g/mol. The van der Waals surface area contributed by atoms with Gasteiger partial charge in [-0.1, -0.05) is 12.1 Å². The lowest BCUT2D eigenvalue weighted by molar-refractivity contribution is -0.188. The molecule has 0 spiro atoms. The molecule has 0 aliphatic carbocycles. The second-order valence-electron chi connectivity index (χ2n) is 4.71. The molecule has 2 heterocycles. The molecule has 102 valence electrons. The number of halogens is 1. The third-order valence-electron chi connectivity index (χ3n) is 3.50. The van der Waals surface area contributed by atoms with Crippen molar-refractivity contribution in [2.45, 2.75) is 24.4 Å². The Balaban J connectivity index is 2.03. The maximum atomic E-state index is 13.6. The molecule has 1 aromatic heterocycles. The van der Waals surface area contributed by atoms with E-state index in [2.05, 4.69) is 4.98 Å². The number of para-hydroxylation sites is 1. The molecule has 4 N–H and O–H groups in total. The fraction of sp³-hybridized carbons (Fsp3) is 0.385. The zero-order valence-electron chi connectivity index (χ0n) is 9.95. The van der Waals surface area contributed by atoms with Gasteiger partial charge in [-0.05, 0) is 6.07 Å². The molecule has 0 unspecified atom stereocenters. The summed E-state index contributed by atoms with van der Waals surface area (Å²) in [6.07, 6.45) is -2.91. The topological polar surface area (TPSA) is 85.7 Å². The summed E-state index contributed by atoms with van der Waals surface area (Å²) in [5.41, 5.74) is 0.891. The van der Waals surface area contributed by atoms with Gasteiger partial charge in [-0.25, -0.2) is 4.39 Å². The smallest absolute Gasteiger partial charge is 0.147 e. The van der Waals surface area contributed by atoms with Crippen LogP contribution in [-0.2, 0) is 4.74 Å². The Hall–Kier alpha value is -1.47. The van der Waals surface area contributed by atoms with Crippen LogP contribution >= 0.6 is 0 Å². The van der Waals surface area contributed by atoms with Crippen molar-refractivity contribution in [1.82, 2.24) is 4.98 Å². The summed E-state index contributed by atoms with van der Waals surface area (Å²) in [5, 5.41) is 29.7. The van der Waals surface area contributed by atoms with E-state index in [0.29, 0.717) is 16.5 Å². The molecule has 1 saturated heterocycles. The molecule has 1 aliphatic heterocycles. The predicted molar refractivity (Wildman–Crippen MR) is 65.0 cm³/mol. The lowest BCUT2D eigenvalue weighted by Crippen LogP contribution is -2.48. The van der Waals surface area contributed by atoms with Crippen molar-refractivity contribution in [3.8, 4) is 0 Å². The van der Waals surface area contributed by atoms with E-state index in [-0.39, 0.29) is 6.61 Å². The predicted octanol–water partition coefficient (Wildman–Crippen LogP) is 0.461. The number of H-pyrrole nitrogens is 1. The van der Waals surface area contributed by atoms with Crippen molar-refractivity contribution < 1.29 is 24.4 Å². The van der Waals surface area contributed by atoms with Crippen LogP contribution in [0.1, 0.15) is 11.7 Å². The molecule has 0 amide bonds. The molecule has 0 radical (unpaired) electrons. The summed E-state index contributed by atoms with van der Waals surface area (Å²) in [5.74, 6) is -0.394. The Kier molecular flexibility index (Phi) is 3.02. The van der Waals surface area contributed by atoms with Crippen molar-refractivity contribution in [3.05, 3.63) is 35.8 Å². The molecular weight excluding hydrogens is 253 g/mol. The Morgan fingerprint density at radius 3 is 2.79 bits per heavy atom. The molecule has 1 aromatic carbocycles. The fourth-order valence-corrected chi connectivity index (χ4v) is 2.45. The number of nitrogens with one attached hydrogen (secondary N) is 1. The number of aromatic amines is 1. The third kappa shape index (κ3) is 1.93. The van der Waals surface area contributed by atoms with Crippen LogP contribution < -0.4 is 0 Å². The van der Waals surface area contributed by atoms with Gasteiger partial charge in [-0.2, -0.15) is 0 Å². The number of aliphatic hydroxyl groups is 3. The standard InChI is InChI=1S/C13H14FNO4/c14-8-3-1-2-6-7(4-15-10(6)8)13-12(18)11(17)9(16)5-19-13/h1-4,9,11-13,15-18H,5H2/t9-,11+,12-,13+/m1/s1. The molecular formula is C13H14FNO4. The number of aromatic nitrogens is 1. The van der Waals surface area contributed by atoms with E-state index in [1.54, 1.807) is 18.3 Å². The second-order valence-corrected chi connectivity index (χ2v) is 4.71. The van der Waals surface area contributed by atoms with Crippen LogP contribution in [0.25, 0.3) is 10.9 Å². The van der Waals surface area contributed by atoms with Gasteiger partial charge in [0, 0.05) is 17.1 Å². The molecule has 3 rings (SSSR count).